The van der Waals surface area contributed by atoms with Gasteiger partial charge >= 0.3 is 0 Å². The van der Waals surface area contributed by atoms with Crippen LogP contribution in [0.2, 0.25) is 0 Å². The quantitative estimate of drug-likeness (QED) is 0.543. The van der Waals surface area contributed by atoms with E-state index in [2.05, 4.69) is 27.7 Å². The standard InChI is InChI=1S/C13H26O2/c1-5-9-12(10-6-2)13(7-3,8-4)15-11-14/h11-12H,5-10H2,1-4H3. The van der Waals surface area contributed by atoms with Gasteiger partial charge in [-0.1, -0.05) is 40.5 Å². The first-order valence-corrected chi connectivity index (χ1v) is 6.32. The lowest BCUT2D eigenvalue weighted by molar-refractivity contribution is -0.152. The van der Waals surface area contributed by atoms with Crippen LogP contribution in [0.25, 0.3) is 0 Å². The van der Waals surface area contributed by atoms with Gasteiger partial charge in [0.15, 0.2) is 0 Å². The first-order valence-electron chi connectivity index (χ1n) is 6.32. The fraction of sp³-hybridized carbons (Fsp3) is 0.923. The molecule has 0 unspecified atom stereocenters. The van der Waals surface area contributed by atoms with Crippen molar-refractivity contribution in [2.24, 2.45) is 5.92 Å². The minimum atomic E-state index is -0.215. The van der Waals surface area contributed by atoms with Crippen LogP contribution >= 0.6 is 0 Å². The van der Waals surface area contributed by atoms with Crippen LogP contribution in [-0.2, 0) is 9.53 Å². The third-order valence-corrected chi connectivity index (χ3v) is 3.50. The average Bonchev–Trinajstić information content (AvgIpc) is 2.26. The van der Waals surface area contributed by atoms with Gasteiger partial charge in [-0.15, -0.1) is 0 Å². The van der Waals surface area contributed by atoms with E-state index in [1.165, 1.54) is 0 Å². The van der Waals surface area contributed by atoms with E-state index in [4.69, 9.17) is 4.74 Å². The van der Waals surface area contributed by atoms with Gasteiger partial charge in [0.05, 0.1) is 0 Å². The summed E-state index contributed by atoms with van der Waals surface area (Å²) in [5, 5.41) is 0. The molecule has 0 aromatic rings. The predicted molar refractivity (Wildman–Crippen MR) is 63.8 cm³/mol. The number of rotatable bonds is 9. The summed E-state index contributed by atoms with van der Waals surface area (Å²) in [5.74, 6) is 0.521. The van der Waals surface area contributed by atoms with Crippen molar-refractivity contribution >= 4 is 6.47 Å². The van der Waals surface area contributed by atoms with E-state index in [0.717, 1.165) is 38.5 Å². The van der Waals surface area contributed by atoms with Crippen LogP contribution in [0.1, 0.15) is 66.2 Å². The molecule has 0 amide bonds. The van der Waals surface area contributed by atoms with Crippen molar-refractivity contribution in [3.8, 4) is 0 Å². The highest BCUT2D eigenvalue weighted by atomic mass is 16.5. The summed E-state index contributed by atoms with van der Waals surface area (Å²) >= 11 is 0. The van der Waals surface area contributed by atoms with Gasteiger partial charge in [-0.2, -0.15) is 0 Å². The van der Waals surface area contributed by atoms with E-state index in [9.17, 15) is 4.79 Å². The Balaban J connectivity index is 4.69. The molecule has 2 heteroatoms. The molecule has 0 aliphatic carbocycles. The van der Waals surface area contributed by atoms with Crippen LogP contribution in [0.5, 0.6) is 0 Å². The number of hydrogen-bond acceptors (Lipinski definition) is 2. The maximum Gasteiger partial charge on any atom is 0.293 e. The summed E-state index contributed by atoms with van der Waals surface area (Å²) in [6, 6.07) is 0. The first-order chi connectivity index (χ1) is 7.20. The Morgan fingerprint density at radius 3 is 1.80 bits per heavy atom. The fourth-order valence-electron chi connectivity index (χ4n) is 2.55. The molecule has 0 heterocycles. The number of carbonyl (C=O) groups is 1. The lowest BCUT2D eigenvalue weighted by Crippen LogP contribution is -2.39. The molecule has 0 aromatic heterocycles. The van der Waals surface area contributed by atoms with Gasteiger partial charge in [-0.05, 0) is 31.6 Å². The minimum absolute atomic E-state index is 0.215. The second kappa shape index (κ2) is 7.72. The molecule has 0 N–H and O–H groups in total. The van der Waals surface area contributed by atoms with Crippen molar-refractivity contribution < 1.29 is 9.53 Å². The summed E-state index contributed by atoms with van der Waals surface area (Å²) in [7, 11) is 0. The largest absolute Gasteiger partial charge is 0.461 e. The summed E-state index contributed by atoms with van der Waals surface area (Å²) in [6.45, 7) is 9.25. The molecule has 0 aliphatic heterocycles. The molecule has 2 nitrogen and oxygen atoms in total. The van der Waals surface area contributed by atoms with Gasteiger partial charge < -0.3 is 4.74 Å². The van der Waals surface area contributed by atoms with Crippen LogP contribution in [0.15, 0.2) is 0 Å². The Labute approximate surface area is 94.4 Å². The van der Waals surface area contributed by atoms with Gasteiger partial charge in [0.2, 0.25) is 0 Å². The molecule has 0 aromatic carbocycles. The molecule has 90 valence electrons. The summed E-state index contributed by atoms with van der Waals surface area (Å²) < 4.78 is 5.41. The number of ether oxygens (including phenoxy) is 1. The van der Waals surface area contributed by atoms with Crippen molar-refractivity contribution in [2.75, 3.05) is 0 Å². The molecule has 0 rings (SSSR count). The molecule has 0 radical (unpaired) electrons. The van der Waals surface area contributed by atoms with Crippen LogP contribution in [0.3, 0.4) is 0 Å². The van der Waals surface area contributed by atoms with Gasteiger partial charge in [0, 0.05) is 0 Å². The lowest BCUT2D eigenvalue weighted by atomic mass is 9.77. The molecule has 0 bridgehead atoms. The Morgan fingerprint density at radius 2 is 1.53 bits per heavy atom. The minimum Gasteiger partial charge on any atom is -0.461 e. The van der Waals surface area contributed by atoms with E-state index in [0.29, 0.717) is 12.4 Å². The monoisotopic (exact) mass is 214 g/mol. The molecule has 0 fully saturated rings. The van der Waals surface area contributed by atoms with Gasteiger partial charge in [0.25, 0.3) is 6.47 Å². The second-order valence-corrected chi connectivity index (χ2v) is 4.26. The highest BCUT2D eigenvalue weighted by Crippen LogP contribution is 2.35. The SMILES string of the molecule is CCCC(CCC)C(CC)(CC)OC=O. The van der Waals surface area contributed by atoms with Crippen molar-refractivity contribution in [1.29, 1.82) is 0 Å². The maximum absolute atomic E-state index is 10.6. The van der Waals surface area contributed by atoms with E-state index >= 15 is 0 Å². The Morgan fingerprint density at radius 1 is 1.07 bits per heavy atom. The van der Waals surface area contributed by atoms with Gasteiger partial charge in [-0.3, -0.25) is 4.79 Å². The van der Waals surface area contributed by atoms with Crippen molar-refractivity contribution in [2.45, 2.75) is 71.8 Å². The summed E-state index contributed by atoms with van der Waals surface area (Å²) in [4.78, 5) is 10.6. The summed E-state index contributed by atoms with van der Waals surface area (Å²) in [5.41, 5.74) is -0.215. The Bertz CT molecular complexity index is 156. The first kappa shape index (κ1) is 14.5. The average molecular weight is 214 g/mol. The van der Waals surface area contributed by atoms with E-state index in [1.807, 2.05) is 0 Å². The van der Waals surface area contributed by atoms with Crippen LogP contribution in [-0.4, -0.2) is 12.1 Å². The van der Waals surface area contributed by atoms with Gasteiger partial charge in [-0.25, -0.2) is 0 Å². The van der Waals surface area contributed by atoms with Crippen molar-refractivity contribution in [3.05, 3.63) is 0 Å². The van der Waals surface area contributed by atoms with Crippen LogP contribution in [0.4, 0.5) is 0 Å². The zero-order valence-electron chi connectivity index (χ0n) is 10.7. The van der Waals surface area contributed by atoms with E-state index in [1.54, 1.807) is 0 Å². The maximum atomic E-state index is 10.6. The molecule has 0 spiro atoms. The van der Waals surface area contributed by atoms with E-state index in [-0.39, 0.29) is 5.60 Å². The number of carbonyl (C=O) groups excluding carboxylic acids is 1. The zero-order chi connectivity index (χ0) is 11.7. The van der Waals surface area contributed by atoms with Crippen LogP contribution < -0.4 is 0 Å². The normalized spacial score (nSPS) is 11.8. The lowest BCUT2D eigenvalue weighted by Gasteiger charge is -2.38. The summed E-state index contributed by atoms with van der Waals surface area (Å²) in [6.07, 6.45) is 6.48. The second-order valence-electron chi connectivity index (χ2n) is 4.26. The Kier molecular flexibility index (Phi) is 7.45. The van der Waals surface area contributed by atoms with E-state index < -0.39 is 0 Å². The molecule has 0 saturated carbocycles. The molecular weight excluding hydrogens is 188 g/mol. The Hall–Kier alpha value is -0.530. The topological polar surface area (TPSA) is 26.3 Å². The molecule has 0 aliphatic rings. The number of hydrogen-bond donors (Lipinski definition) is 0. The molecule has 0 saturated heterocycles. The zero-order valence-corrected chi connectivity index (χ0v) is 10.7. The highest BCUT2D eigenvalue weighted by molar-refractivity contribution is 5.38. The molecule has 0 atom stereocenters. The third kappa shape index (κ3) is 3.84. The molecular formula is C13H26O2. The fourth-order valence-corrected chi connectivity index (χ4v) is 2.55. The van der Waals surface area contributed by atoms with Crippen molar-refractivity contribution in [3.63, 3.8) is 0 Å². The third-order valence-electron chi connectivity index (χ3n) is 3.50. The highest BCUT2D eigenvalue weighted by Gasteiger charge is 2.36. The van der Waals surface area contributed by atoms with Gasteiger partial charge in [0.1, 0.15) is 5.60 Å². The predicted octanol–water partition coefficient (Wildman–Crippen LogP) is 3.93. The van der Waals surface area contributed by atoms with Crippen molar-refractivity contribution in [1.82, 2.24) is 0 Å². The van der Waals surface area contributed by atoms with Crippen LogP contribution in [0, 0.1) is 5.92 Å². The molecule has 15 heavy (non-hydrogen) atoms. The smallest absolute Gasteiger partial charge is 0.293 e.